The summed E-state index contributed by atoms with van der Waals surface area (Å²) in [5, 5.41) is 19.6. The third kappa shape index (κ3) is 11.7. The number of unbranched alkanes of at least 4 members (excludes halogenated alkanes) is 8. The molecule has 1 heterocycles. The topological polar surface area (TPSA) is 124 Å². The first-order chi connectivity index (χ1) is 15.2. The number of nitrogens with zero attached hydrogens (tertiary/aromatic N) is 2. The number of allylic oxidation sites excluding steroid dienone is 2. The predicted octanol–water partition coefficient (Wildman–Crippen LogP) is 2.89. The highest BCUT2D eigenvalue weighted by molar-refractivity contribution is 7.85. The quantitative estimate of drug-likeness (QED) is 0.114. The summed E-state index contributed by atoms with van der Waals surface area (Å²) in [6, 6.07) is 0. The van der Waals surface area contributed by atoms with Crippen LogP contribution in [0.25, 0.3) is 0 Å². The Bertz CT molecular complexity index is 707. The van der Waals surface area contributed by atoms with E-state index in [1.807, 2.05) is 0 Å². The van der Waals surface area contributed by atoms with Crippen LogP contribution in [0.3, 0.4) is 0 Å². The fourth-order valence-corrected chi connectivity index (χ4v) is 4.86. The minimum atomic E-state index is -4.33. The molecule has 2 atom stereocenters. The van der Waals surface area contributed by atoms with Crippen LogP contribution in [0.4, 0.5) is 0 Å². The van der Waals surface area contributed by atoms with Crippen molar-refractivity contribution < 1.29 is 32.5 Å². The van der Waals surface area contributed by atoms with Crippen molar-refractivity contribution in [3.05, 3.63) is 12.2 Å². The van der Waals surface area contributed by atoms with Gasteiger partial charge in [-0.15, -0.1) is 0 Å². The number of ketones is 1. The number of Topliss-reactive ketones (excluding diaryl/α,β-unsaturated/α-hetero) is 1. The summed E-state index contributed by atoms with van der Waals surface area (Å²) in [7, 11) is -4.33. The van der Waals surface area contributed by atoms with Gasteiger partial charge in [0, 0.05) is 6.42 Å². The predicted molar refractivity (Wildman–Crippen MR) is 127 cm³/mol. The molecule has 0 aromatic carbocycles. The van der Waals surface area contributed by atoms with Gasteiger partial charge in [0.2, 0.25) is 5.78 Å². The molecule has 8 nitrogen and oxygen atoms in total. The van der Waals surface area contributed by atoms with Crippen LogP contribution in [0.2, 0.25) is 0 Å². The van der Waals surface area contributed by atoms with Crippen molar-refractivity contribution in [1.82, 2.24) is 0 Å². The van der Waals surface area contributed by atoms with E-state index >= 15 is 0 Å². The molecule has 32 heavy (non-hydrogen) atoms. The Kier molecular flexibility index (Phi) is 14.1. The molecule has 2 unspecified atom stereocenters. The molecule has 0 fully saturated rings. The number of carbonyl (C=O) groups is 1. The van der Waals surface area contributed by atoms with E-state index in [4.69, 9.17) is 4.55 Å². The van der Waals surface area contributed by atoms with Gasteiger partial charge < -0.3 is 10.2 Å². The first-order valence-corrected chi connectivity index (χ1v) is 13.7. The summed E-state index contributed by atoms with van der Waals surface area (Å²) in [4.78, 5) is 17.1. The van der Waals surface area contributed by atoms with Gasteiger partial charge in [-0.1, -0.05) is 51.2 Å². The van der Waals surface area contributed by atoms with Gasteiger partial charge in [0.15, 0.2) is 0 Å². The molecule has 0 aliphatic carbocycles. The molecule has 3 N–H and O–H groups in total. The highest BCUT2D eigenvalue weighted by Gasteiger charge is 2.43. The molecule has 9 heteroatoms. The second-order valence-electron chi connectivity index (χ2n) is 8.80. The summed E-state index contributed by atoms with van der Waals surface area (Å²) in [6.45, 7) is 2.92. The number of aliphatic hydroxyl groups is 2. The third-order valence-electron chi connectivity index (χ3n) is 5.90. The van der Waals surface area contributed by atoms with Crippen molar-refractivity contribution in [3.8, 4) is 0 Å². The Morgan fingerprint density at radius 3 is 2.34 bits per heavy atom. The summed E-state index contributed by atoms with van der Waals surface area (Å²) in [6.07, 6.45) is 14.8. The molecule has 1 rings (SSSR count). The van der Waals surface area contributed by atoms with Gasteiger partial charge in [0.05, 0.1) is 13.2 Å². The molecule has 0 saturated carbocycles. The summed E-state index contributed by atoms with van der Waals surface area (Å²) < 4.78 is 31.1. The van der Waals surface area contributed by atoms with E-state index in [1.54, 1.807) is 0 Å². The van der Waals surface area contributed by atoms with Crippen molar-refractivity contribution in [2.24, 2.45) is 4.99 Å². The average molecular weight is 476 g/mol. The summed E-state index contributed by atoms with van der Waals surface area (Å²) in [5.41, 5.74) is 0. The van der Waals surface area contributed by atoms with Crippen molar-refractivity contribution in [3.63, 3.8) is 0 Å². The van der Waals surface area contributed by atoms with Gasteiger partial charge in [-0.25, -0.2) is 4.99 Å². The molecular formula is C23H43N2O6S+. The largest absolute Gasteiger partial charge is 0.390 e. The molecule has 0 aromatic heterocycles. The number of aliphatic hydroxyl groups excluding tert-OH is 2. The lowest BCUT2D eigenvalue weighted by atomic mass is 10.1. The maximum absolute atomic E-state index is 12.8. The fraction of sp³-hybridized carbons (Fsp3) is 0.826. The second kappa shape index (κ2) is 15.7. The number of quaternary nitrogens is 1. The van der Waals surface area contributed by atoms with Crippen LogP contribution in [-0.4, -0.2) is 83.9 Å². The average Bonchev–Trinajstić information content (AvgIpc) is 3.10. The second-order valence-corrected chi connectivity index (χ2v) is 10.3. The van der Waals surface area contributed by atoms with E-state index in [2.05, 4.69) is 24.1 Å². The minimum Gasteiger partial charge on any atom is -0.390 e. The monoisotopic (exact) mass is 475 g/mol. The van der Waals surface area contributed by atoms with Crippen molar-refractivity contribution in [1.29, 1.82) is 0 Å². The van der Waals surface area contributed by atoms with Crippen molar-refractivity contribution >= 4 is 21.7 Å². The summed E-state index contributed by atoms with van der Waals surface area (Å²) in [5.74, 6) is -0.622. The van der Waals surface area contributed by atoms with Gasteiger partial charge in [-0.3, -0.25) is 13.8 Å². The molecule has 1 aliphatic rings. The lowest BCUT2D eigenvalue weighted by molar-refractivity contribution is -0.837. The van der Waals surface area contributed by atoms with Crippen LogP contribution >= 0.6 is 0 Å². The van der Waals surface area contributed by atoms with Gasteiger partial charge in [-0.2, -0.15) is 8.42 Å². The zero-order valence-electron chi connectivity index (χ0n) is 19.6. The lowest BCUT2D eigenvalue weighted by Crippen LogP contribution is -2.59. The highest BCUT2D eigenvalue weighted by atomic mass is 32.2. The minimum absolute atomic E-state index is 0.0375. The number of carbonyl (C=O) groups excluding carboxylic acids is 1. The van der Waals surface area contributed by atoms with Crippen LogP contribution in [0.5, 0.6) is 0 Å². The van der Waals surface area contributed by atoms with E-state index in [0.717, 1.165) is 25.7 Å². The number of hydrogen-bond donors (Lipinski definition) is 3. The van der Waals surface area contributed by atoms with E-state index in [9.17, 15) is 23.4 Å². The molecular weight excluding hydrogens is 432 g/mol. The smallest absolute Gasteiger partial charge is 0.267 e. The Hall–Kier alpha value is -1.13. The molecule has 186 valence electrons. The van der Waals surface area contributed by atoms with E-state index in [-0.39, 0.29) is 30.0 Å². The van der Waals surface area contributed by atoms with Crippen LogP contribution in [-0.2, 0) is 14.9 Å². The van der Waals surface area contributed by atoms with Gasteiger partial charge >= 0.3 is 0 Å². The maximum Gasteiger partial charge on any atom is 0.267 e. The first-order valence-electron chi connectivity index (χ1n) is 12.1. The SMILES string of the molecule is CCCCCCCC/C=C/CCCCC(=O)C1=NCC[N+]1(CCO)CC(O)CS(=O)(=O)O. The molecule has 0 spiro atoms. The number of hydrogen-bond acceptors (Lipinski definition) is 6. The molecule has 0 amide bonds. The van der Waals surface area contributed by atoms with E-state index < -0.39 is 22.0 Å². The Labute approximate surface area is 193 Å². The van der Waals surface area contributed by atoms with Gasteiger partial charge in [0.1, 0.15) is 31.5 Å². The van der Waals surface area contributed by atoms with Crippen LogP contribution < -0.4 is 0 Å². The Balaban J connectivity index is 2.39. The maximum atomic E-state index is 12.8. The van der Waals surface area contributed by atoms with Crippen molar-refractivity contribution in [2.75, 3.05) is 38.5 Å². The fourth-order valence-electron chi connectivity index (χ4n) is 4.27. The Morgan fingerprint density at radius 1 is 1.09 bits per heavy atom. The standard InChI is InChI=1S/C23H42N2O6S/c1-2-3-4-5-6-7-8-9-10-11-12-13-14-22(28)23-24-15-16-25(23,17-18-26)19-21(27)20-32(29,30)31/h9-10,21,26-27H,2-8,11-20H2,1H3/p+1/b10-9+. The summed E-state index contributed by atoms with van der Waals surface area (Å²) >= 11 is 0. The third-order valence-corrected chi connectivity index (χ3v) is 6.70. The molecule has 0 bridgehead atoms. The van der Waals surface area contributed by atoms with Crippen LogP contribution in [0.1, 0.15) is 77.6 Å². The zero-order valence-corrected chi connectivity index (χ0v) is 20.4. The Morgan fingerprint density at radius 2 is 1.72 bits per heavy atom. The molecule has 0 radical (unpaired) electrons. The molecule has 1 aliphatic heterocycles. The number of rotatable bonds is 19. The first kappa shape index (κ1) is 28.9. The van der Waals surface area contributed by atoms with E-state index in [1.165, 1.54) is 38.5 Å². The highest BCUT2D eigenvalue weighted by Crippen LogP contribution is 2.20. The van der Waals surface area contributed by atoms with E-state index in [0.29, 0.717) is 25.3 Å². The van der Waals surface area contributed by atoms with Crippen LogP contribution in [0.15, 0.2) is 17.1 Å². The number of amidine groups is 1. The van der Waals surface area contributed by atoms with Crippen LogP contribution in [0, 0.1) is 0 Å². The zero-order chi connectivity index (χ0) is 23.9. The lowest BCUT2D eigenvalue weighted by Gasteiger charge is -2.34. The van der Waals surface area contributed by atoms with Gasteiger partial charge in [0.25, 0.3) is 16.0 Å². The molecule has 0 aromatic rings. The number of aliphatic imine (C=N–C) groups is 1. The molecule has 0 saturated heterocycles. The van der Waals surface area contributed by atoms with Crippen molar-refractivity contribution in [2.45, 2.75) is 83.7 Å². The van der Waals surface area contributed by atoms with Gasteiger partial charge in [-0.05, 0) is 32.1 Å². The normalized spacial score (nSPS) is 20.1.